The van der Waals surface area contributed by atoms with Crippen LogP contribution in [0.25, 0.3) is 0 Å². The molecule has 0 aliphatic carbocycles. The smallest absolute Gasteiger partial charge is 0.358 e. The second-order valence-electron chi connectivity index (χ2n) is 8.32. The molecule has 0 aromatic rings. The maximum absolute atomic E-state index is 2.42. The Kier molecular flexibility index (Phi) is 23.4. The van der Waals surface area contributed by atoms with Gasteiger partial charge in [-0.05, 0) is 11.8 Å². The summed E-state index contributed by atoms with van der Waals surface area (Å²) in [5.41, 5.74) is 0. The molecule has 3 heteroatoms. The Bertz CT molecular complexity index is 145. The van der Waals surface area contributed by atoms with Crippen LogP contribution in [0, 0.1) is 26.7 Å². The molecule has 0 radical (unpaired) electrons. The van der Waals surface area contributed by atoms with Crippen LogP contribution in [0.1, 0.15) is 27.7 Å². The van der Waals surface area contributed by atoms with Crippen molar-refractivity contribution >= 4 is 16.1 Å². The average Bonchev–Trinajstić information content (AvgIpc) is 1.72. The predicted octanol–water partition coefficient (Wildman–Crippen LogP) is 6.86. The van der Waals surface area contributed by atoms with E-state index in [9.17, 15) is 0 Å². The first-order chi connectivity index (χ1) is 6.83. The van der Waals surface area contributed by atoms with E-state index in [2.05, 4.69) is 67.0 Å². The van der Waals surface area contributed by atoms with E-state index in [4.69, 9.17) is 0 Å². The third-order valence-corrected chi connectivity index (χ3v) is 6.12. The van der Waals surface area contributed by atoms with E-state index >= 15 is 0 Å². The van der Waals surface area contributed by atoms with Crippen molar-refractivity contribution < 1.29 is 16.5 Å². The monoisotopic (exact) mass is 348 g/mol. The number of hydrogen-bond acceptors (Lipinski definition) is 0. The Labute approximate surface area is 138 Å². The minimum absolute atomic E-state index is 0. The van der Waals surface area contributed by atoms with Gasteiger partial charge in [-0.3, -0.25) is 0 Å². The van der Waals surface area contributed by atoms with Crippen LogP contribution in [0.3, 0.4) is 0 Å². The molecule has 0 unspecified atom stereocenters. The molecular weight excluding hydrogens is 307 g/mol. The minimum Gasteiger partial charge on any atom is -0.358 e. The molecule has 0 aromatic carbocycles. The molecule has 0 N–H and O–H groups in total. The molecule has 0 saturated carbocycles. The van der Waals surface area contributed by atoms with Gasteiger partial charge in [-0.2, -0.15) is 0 Å². The van der Waals surface area contributed by atoms with Gasteiger partial charge in [-0.1, -0.05) is 79.1 Å². The van der Waals surface area contributed by atoms with Crippen molar-refractivity contribution in [3.63, 3.8) is 0 Å². The summed E-state index contributed by atoms with van der Waals surface area (Å²) in [5.74, 6) is 1.81. The van der Waals surface area contributed by atoms with E-state index < -0.39 is 16.1 Å². The molecule has 0 atom stereocenters. The summed E-state index contributed by atoms with van der Waals surface area (Å²) < 4.78 is 0. The first-order valence-corrected chi connectivity index (χ1v) is 14.2. The second kappa shape index (κ2) is 13.9. The first kappa shape index (κ1) is 32.0. The molecule has 0 spiro atoms. The van der Waals surface area contributed by atoms with Crippen molar-refractivity contribution in [3.05, 3.63) is 14.9 Å². The van der Waals surface area contributed by atoms with Crippen molar-refractivity contribution in [2.75, 3.05) is 0 Å². The Morgan fingerprint density at radius 1 is 0.579 bits per heavy atom. The van der Waals surface area contributed by atoms with Gasteiger partial charge in [0.05, 0.1) is 0 Å². The van der Waals surface area contributed by atoms with Gasteiger partial charge >= 0.3 is 16.5 Å². The van der Waals surface area contributed by atoms with E-state index in [1.54, 1.807) is 0 Å². The molecule has 19 heavy (non-hydrogen) atoms. The van der Waals surface area contributed by atoms with E-state index in [1.165, 1.54) is 12.1 Å². The summed E-state index contributed by atoms with van der Waals surface area (Å²) >= 11 is 0. The van der Waals surface area contributed by atoms with Crippen LogP contribution in [0.4, 0.5) is 0 Å². The standard InChI is InChI=1S/2C7H18Si.2CH3.Ni/c2*1-7(2)6-8(3,4)5;;;/h2*7H,6H2,1-5H3;2*1H3;/q;;2*-1;+2. The normalized spacial score (nSPS) is 10.7. The topological polar surface area (TPSA) is 0 Å². The van der Waals surface area contributed by atoms with Crippen LogP contribution in [0.5, 0.6) is 0 Å². The molecule has 0 nitrogen and oxygen atoms in total. The molecule has 0 amide bonds. The van der Waals surface area contributed by atoms with Gasteiger partial charge in [-0.25, -0.2) is 0 Å². The van der Waals surface area contributed by atoms with Gasteiger partial charge in [-0.15, -0.1) is 0 Å². The van der Waals surface area contributed by atoms with E-state index in [1.807, 2.05) is 0 Å². The summed E-state index contributed by atoms with van der Waals surface area (Å²) in [7, 11) is -1.44. The molecule has 0 heterocycles. The van der Waals surface area contributed by atoms with Gasteiger partial charge in [0, 0.05) is 16.1 Å². The minimum atomic E-state index is -0.720. The molecule has 0 saturated heterocycles. The number of hydrogen-bond donors (Lipinski definition) is 0. The fourth-order valence-corrected chi connectivity index (χ4v) is 7.35. The molecule has 124 valence electrons. The van der Waals surface area contributed by atoms with E-state index in [-0.39, 0.29) is 31.3 Å². The van der Waals surface area contributed by atoms with Crippen LogP contribution in [0.15, 0.2) is 0 Å². The molecule has 0 aromatic heterocycles. The largest absolute Gasteiger partial charge is 2.00 e. The van der Waals surface area contributed by atoms with Crippen LogP contribution >= 0.6 is 0 Å². The van der Waals surface area contributed by atoms with Crippen molar-refractivity contribution in [2.45, 2.75) is 79.1 Å². The molecule has 0 aliphatic rings. The summed E-state index contributed by atoms with van der Waals surface area (Å²) in [6, 6.07) is 2.93. The second-order valence-corrected chi connectivity index (χ2v) is 19.4. The van der Waals surface area contributed by atoms with Gasteiger partial charge in [0.15, 0.2) is 0 Å². The van der Waals surface area contributed by atoms with Crippen LogP contribution < -0.4 is 0 Å². The first-order valence-electron chi connectivity index (χ1n) is 6.83. The molecular formula is C16H42NiSi2. The van der Waals surface area contributed by atoms with Crippen molar-refractivity contribution in [1.29, 1.82) is 0 Å². The summed E-state index contributed by atoms with van der Waals surface area (Å²) in [5, 5.41) is 0. The van der Waals surface area contributed by atoms with Gasteiger partial charge < -0.3 is 14.9 Å². The Morgan fingerprint density at radius 2 is 0.737 bits per heavy atom. The van der Waals surface area contributed by atoms with Crippen molar-refractivity contribution in [1.82, 2.24) is 0 Å². The zero-order chi connectivity index (χ0) is 13.6. The van der Waals surface area contributed by atoms with Gasteiger partial charge in [0.25, 0.3) is 0 Å². The maximum Gasteiger partial charge on any atom is 2.00 e. The molecule has 0 aliphatic heterocycles. The zero-order valence-electron chi connectivity index (χ0n) is 15.9. The Hall–Kier alpha value is 0.927. The van der Waals surface area contributed by atoms with Crippen LogP contribution in [-0.2, 0) is 16.5 Å². The third kappa shape index (κ3) is 45.4. The Balaban J connectivity index is -0.0000000594. The molecule has 0 fully saturated rings. The van der Waals surface area contributed by atoms with Crippen molar-refractivity contribution in [3.8, 4) is 0 Å². The Morgan fingerprint density at radius 3 is 0.737 bits per heavy atom. The van der Waals surface area contributed by atoms with Crippen molar-refractivity contribution in [2.24, 2.45) is 11.8 Å². The van der Waals surface area contributed by atoms with Gasteiger partial charge in [0.1, 0.15) is 0 Å². The van der Waals surface area contributed by atoms with Crippen LogP contribution in [0.2, 0.25) is 51.4 Å². The average molecular weight is 349 g/mol. The molecule has 0 rings (SSSR count). The predicted molar refractivity (Wildman–Crippen MR) is 98.8 cm³/mol. The maximum atomic E-state index is 2.42. The van der Waals surface area contributed by atoms with E-state index in [0.29, 0.717) is 0 Å². The number of rotatable bonds is 4. The fourth-order valence-electron chi connectivity index (χ4n) is 2.45. The third-order valence-electron chi connectivity index (χ3n) is 2.04. The van der Waals surface area contributed by atoms with Crippen LogP contribution in [-0.4, -0.2) is 16.1 Å². The zero-order valence-corrected chi connectivity index (χ0v) is 18.9. The SMILES string of the molecule is CC(C)C[Si](C)(C)C.CC(C)C[Si](C)(C)C.[CH3-].[CH3-].[Ni+2]. The quantitative estimate of drug-likeness (QED) is 0.384. The summed E-state index contributed by atoms with van der Waals surface area (Å²) in [4.78, 5) is 0. The molecule has 0 bridgehead atoms. The van der Waals surface area contributed by atoms with E-state index in [0.717, 1.165) is 11.8 Å². The fraction of sp³-hybridized carbons (Fsp3) is 0.875. The van der Waals surface area contributed by atoms with Gasteiger partial charge in [0.2, 0.25) is 0 Å². The summed E-state index contributed by atoms with van der Waals surface area (Å²) in [6.45, 7) is 23.8. The summed E-state index contributed by atoms with van der Waals surface area (Å²) in [6.07, 6.45) is 0.